The second kappa shape index (κ2) is 7.92. The number of hydrogen-bond acceptors (Lipinski definition) is 4. The van der Waals surface area contributed by atoms with Crippen molar-refractivity contribution in [2.45, 2.75) is 12.8 Å². The lowest BCUT2D eigenvalue weighted by molar-refractivity contribution is 0.0270. The molecular formula is C16H12Cl3F2N3O2. The highest BCUT2D eigenvalue weighted by Gasteiger charge is 2.25. The van der Waals surface area contributed by atoms with Crippen LogP contribution in [0.3, 0.4) is 0 Å². The van der Waals surface area contributed by atoms with E-state index in [1.54, 1.807) is 0 Å². The molecule has 0 unspecified atom stereocenters. The number of hydrogen-bond donors (Lipinski definition) is 2. The SMILES string of the molecule is O=C(NOCC1CC1)c1cc(Cl)c(F)c(F)c1Nc1ncc(Cl)cc1Cl. The van der Waals surface area contributed by atoms with Crippen LogP contribution in [0.4, 0.5) is 20.3 Å². The van der Waals surface area contributed by atoms with Gasteiger partial charge in [0.2, 0.25) is 0 Å². The number of nitrogens with zero attached hydrogens (tertiary/aromatic N) is 1. The van der Waals surface area contributed by atoms with Crippen molar-refractivity contribution < 1.29 is 18.4 Å². The fraction of sp³-hybridized carbons (Fsp3) is 0.250. The van der Waals surface area contributed by atoms with Crippen molar-refractivity contribution in [2.24, 2.45) is 5.92 Å². The lowest BCUT2D eigenvalue weighted by atomic mass is 10.1. The molecule has 1 saturated carbocycles. The zero-order valence-corrected chi connectivity index (χ0v) is 15.4. The smallest absolute Gasteiger partial charge is 0.277 e. The molecule has 1 aromatic carbocycles. The van der Waals surface area contributed by atoms with E-state index in [-0.39, 0.29) is 21.4 Å². The van der Waals surface area contributed by atoms with E-state index in [1.807, 2.05) is 0 Å². The lowest BCUT2D eigenvalue weighted by Gasteiger charge is -2.15. The van der Waals surface area contributed by atoms with Gasteiger partial charge in [-0.2, -0.15) is 0 Å². The Balaban J connectivity index is 1.90. The maximum absolute atomic E-state index is 14.4. The number of pyridine rings is 1. The molecule has 1 aromatic heterocycles. The van der Waals surface area contributed by atoms with Crippen LogP contribution >= 0.6 is 34.8 Å². The van der Waals surface area contributed by atoms with Gasteiger partial charge in [-0.05, 0) is 30.9 Å². The number of rotatable bonds is 6. The van der Waals surface area contributed by atoms with Crippen molar-refractivity contribution >= 4 is 52.2 Å². The first-order valence-electron chi connectivity index (χ1n) is 7.54. The Labute approximate surface area is 162 Å². The molecule has 5 nitrogen and oxygen atoms in total. The summed E-state index contributed by atoms with van der Waals surface area (Å²) in [5.74, 6) is -3.06. The molecule has 2 N–H and O–H groups in total. The molecule has 26 heavy (non-hydrogen) atoms. The van der Waals surface area contributed by atoms with Crippen LogP contribution in [0.2, 0.25) is 15.1 Å². The Morgan fingerprint density at radius 2 is 1.92 bits per heavy atom. The molecule has 0 saturated heterocycles. The molecule has 3 rings (SSSR count). The summed E-state index contributed by atoms with van der Waals surface area (Å²) in [6.45, 7) is 0.344. The molecule has 0 atom stereocenters. The maximum atomic E-state index is 14.4. The van der Waals surface area contributed by atoms with Crippen LogP contribution in [0.1, 0.15) is 23.2 Å². The van der Waals surface area contributed by atoms with Crippen LogP contribution in [-0.4, -0.2) is 17.5 Å². The van der Waals surface area contributed by atoms with Gasteiger partial charge in [0.15, 0.2) is 11.6 Å². The van der Waals surface area contributed by atoms with Gasteiger partial charge in [-0.3, -0.25) is 9.63 Å². The van der Waals surface area contributed by atoms with Crippen molar-refractivity contribution in [1.29, 1.82) is 0 Å². The first kappa shape index (κ1) is 19.1. The molecule has 1 aliphatic carbocycles. The third-order valence-electron chi connectivity index (χ3n) is 3.64. The molecular weight excluding hydrogens is 411 g/mol. The number of benzene rings is 1. The van der Waals surface area contributed by atoms with Gasteiger partial charge in [-0.25, -0.2) is 19.2 Å². The Kier molecular flexibility index (Phi) is 5.82. The summed E-state index contributed by atoms with van der Waals surface area (Å²) >= 11 is 17.4. The summed E-state index contributed by atoms with van der Waals surface area (Å²) in [6.07, 6.45) is 3.32. The predicted octanol–water partition coefficient (Wildman–Crippen LogP) is 5.14. The number of carbonyl (C=O) groups is 1. The van der Waals surface area contributed by atoms with Crippen molar-refractivity contribution in [3.63, 3.8) is 0 Å². The van der Waals surface area contributed by atoms with Crippen molar-refractivity contribution in [3.05, 3.63) is 50.6 Å². The van der Waals surface area contributed by atoms with Gasteiger partial charge in [-0.1, -0.05) is 34.8 Å². The Morgan fingerprint density at radius 1 is 1.19 bits per heavy atom. The average molecular weight is 423 g/mol. The van der Waals surface area contributed by atoms with E-state index >= 15 is 0 Å². The molecule has 1 aliphatic rings. The van der Waals surface area contributed by atoms with Crippen molar-refractivity contribution in [1.82, 2.24) is 10.5 Å². The van der Waals surface area contributed by atoms with Gasteiger partial charge in [0.1, 0.15) is 5.82 Å². The standard InChI is InChI=1S/C16H12Cl3F2N3O2/c17-8-3-11(19)15(22-5-8)23-14-9(4-10(18)12(20)13(14)21)16(25)24-26-6-7-1-2-7/h3-5,7H,1-2,6H2,(H,22,23)(H,24,25). The Bertz CT molecular complexity index is 863. The number of nitrogens with one attached hydrogen (secondary N) is 2. The highest BCUT2D eigenvalue weighted by atomic mass is 35.5. The van der Waals surface area contributed by atoms with Crippen LogP contribution in [0.25, 0.3) is 0 Å². The molecule has 138 valence electrons. The molecule has 0 bridgehead atoms. The summed E-state index contributed by atoms with van der Waals surface area (Å²) in [5, 5.41) is 2.28. The molecule has 2 aromatic rings. The molecule has 0 spiro atoms. The molecule has 0 radical (unpaired) electrons. The van der Waals surface area contributed by atoms with Gasteiger partial charge in [0.25, 0.3) is 5.91 Å². The van der Waals surface area contributed by atoms with Crippen LogP contribution in [-0.2, 0) is 4.84 Å². The number of amides is 1. The van der Waals surface area contributed by atoms with E-state index < -0.39 is 28.3 Å². The minimum Gasteiger partial charge on any atom is -0.336 e. The van der Waals surface area contributed by atoms with Crippen LogP contribution in [0.15, 0.2) is 18.3 Å². The fourth-order valence-corrected chi connectivity index (χ4v) is 2.71. The number of halogens is 5. The second-order valence-electron chi connectivity index (χ2n) is 5.70. The summed E-state index contributed by atoms with van der Waals surface area (Å²) in [4.78, 5) is 21.3. The second-order valence-corrected chi connectivity index (χ2v) is 6.95. The third kappa shape index (κ3) is 4.35. The lowest BCUT2D eigenvalue weighted by Crippen LogP contribution is -2.26. The molecule has 0 aliphatic heterocycles. The van der Waals surface area contributed by atoms with Gasteiger partial charge < -0.3 is 5.32 Å². The zero-order chi connectivity index (χ0) is 18.8. The first-order valence-corrected chi connectivity index (χ1v) is 8.68. The number of aromatic nitrogens is 1. The van der Waals surface area contributed by atoms with Gasteiger partial charge >= 0.3 is 0 Å². The van der Waals surface area contributed by atoms with E-state index in [9.17, 15) is 13.6 Å². The van der Waals surface area contributed by atoms with Gasteiger partial charge in [0.05, 0.1) is 32.9 Å². The van der Waals surface area contributed by atoms with E-state index in [0.29, 0.717) is 12.5 Å². The highest BCUT2D eigenvalue weighted by molar-refractivity contribution is 6.36. The molecule has 1 amide bonds. The van der Waals surface area contributed by atoms with Crippen LogP contribution in [0.5, 0.6) is 0 Å². The minimum absolute atomic E-state index is 0.00959. The summed E-state index contributed by atoms with van der Waals surface area (Å²) < 4.78 is 28.3. The molecule has 10 heteroatoms. The summed E-state index contributed by atoms with van der Waals surface area (Å²) in [6, 6.07) is 2.35. The fourth-order valence-electron chi connectivity index (χ4n) is 2.09. The van der Waals surface area contributed by atoms with E-state index in [0.717, 1.165) is 18.9 Å². The zero-order valence-electron chi connectivity index (χ0n) is 13.1. The topological polar surface area (TPSA) is 63.2 Å². The van der Waals surface area contributed by atoms with Gasteiger partial charge in [0, 0.05) is 6.20 Å². The Hall–Kier alpha value is -1.67. The van der Waals surface area contributed by atoms with Crippen LogP contribution < -0.4 is 10.8 Å². The van der Waals surface area contributed by atoms with Crippen molar-refractivity contribution in [2.75, 3.05) is 11.9 Å². The average Bonchev–Trinajstić information content (AvgIpc) is 3.41. The normalized spacial score (nSPS) is 13.6. The highest BCUT2D eigenvalue weighted by Crippen LogP contribution is 2.33. The number of anilines is 2. The first-order chi connectivity index (χ1) is 12.4. The van der Waals surface area contributed by atoms with Gasteiger partial charge in [-0.15, -0.1) is 0 Å². The molecule has 1 fully saturated rings. The summed E-state index contributed by atoms with van der Waals surface area (Å²) in [7, 11) is 0. The maximum Gasteiger partial charge on any atom is 0.277 e. The number of hydroxylamine groups is 1. The number of carbonyl (C=O) groups excluding carboxylic acids is 1. The minimum atomic E-state index is -1.35. The van der Waals surface area contributed by atoms with Crippen molar-refractivity contribution in [3.8, 4) is 0 Å². The predicted molar refractivity (Wildman–Crippen MR) is 95.0 cm³/mol. The Morgan fingerprint density at radius 3 is 2.58 bits per heavy atom. The largest absolute Gasteiger partial charge is 0.336 e. The quantitative estimate of drug-likeness (QED) is 0.500. The summed E-state index contributed by atoms with van der Waals surface area (Å²) in [5.41, 5.74) is 1.45. The molecule has 1 heterocycles. The van der Waals surface area contributed by atoms with E-state index in [2.05, 4.69) is 15.8 Å². The van der Waals surface area contributed by atoms with Crippen LogP contribution in [0, 0.1) is 17.6 Å². The van der Waals surface area contributed by atoms with E-state index in [1.165, 1.54) is 12.3 Å². The monoisotopic (exact) mass is 421 g/mol. The van der Waals surface area contributed by atoms with E-state index in [4.69, 9.17) is 39.6 Å². The third-order valence-corrected chi connectivity index (χ3v) is 4.41.